The van der Waals surface area contributed by atoms with Crippen molar-refractivity contribution in [2.45, 2.75) is 17.4 Å². The highest BCUT2D eigenvalue weighted by atomic mass is 32.2. The third-order valence-corrected chi connectivity index (χ3v) is 6.57. The van der Waals surface area contributed by atoms with Gasteiger partial charge in [0.05, 0.1) is 21.3 Å². The minimum atomic E-state index is -3.56. The predicted octanol–water partition coefficient (Wildman–Crippen LogP) is 0.622. The predicted molar refractivity (Wildman–Crippen MR) is 81.7 cm³/mol. The molecule has 122 valence electrons. The number of nitro groups is 1. The molecule has 1 heterocycles. The minimum Gasteiger partial charge on any atom is -0.365 e. The van der Waals surface area contributed by atoms with Gasteiger partial charge in [0.1, 0.15) is 5.69 Å². The summed E-state index contributed by atoms with van der Waals surface area (Å²) in [5, 5.41) is 11.2. The van der Waals surface area contributed by atoms with Crippen LogP contribution in [0.15, 0.2) is 23.1 Å². The van der Waals surface area contributed by atoms with Gasteiger partial charge in [-0.15, -0.1) is 0 Å². The fourth-order valence-electron chi connectivity index (χ4n) is 2.46. The summed E-state index contributed by atoms with van der Waals surface area (Å²) in [6, 6.07) is 3.29. The summed E-state index contributed by atoms with van der Waals surface area (Å²) >= 11 is 0. The molecule has 0 radical (unpaired) electrons. The summed E-state index contributed by atoms with van der Waals surface area (Å²) in [4.78, 5) is 11.9. The monoisotopic (exact) mass is 348 g/mol. The largest absolute Gasteiger partial charge is 0.365 e. The van der Waals surface area contributed by atoms with Crippen LogP contribution in [0.4, 0.5) is 11.4 Å². The Kier molecular flexibility index (Phi) is 4.18. The number of benzene rings is 1. The van der Waals surface area contributed by atoms with E-state index in [4.69, 9.17) is 0 Å². The van der Waals surface area contributed by atoms with E-state index in [-0.39, 0.29) is 33.8 Å². The quantitative estimate of drug-likeness (QED) is 0.578. The van der Waals surface area contributed by atoms with Gasteiger partial charge < -0.3 is 4.90 Å². The second-order valence-electron chi connectivity index (χ2n) is 5.35. The molecule has 2 rings (SSSR count). The average Bonchev–Trinajstić information content (AvgIpc) is 2.76. The van der Waals surface area contributed by atoms with Crippen molar-refractivity contribution in [1.29, 1.82) is 0 Å². The molecular weight excluding hydrogens is 332 g/mol. The molecule has 0 aliphatic carbocycles. The van der Waals surface area contributed by atoms with Gasteiger partial charge in [-0.2, -0.15) is 0 Å². The zero-order valence-corrected chi connectivity index (χ0v) is 13.7. The molecule has 22 heavy (non-hydrogen) atoms. The van der Waals surface area contributed by atoms with E-state index in [0.717, 1.165) is 12.3 Å². The molecule has 0 N–H and O–H groups in total. The van der Waals surface area contributed by atoms with E-state index < -0.39 is 24.6 Å². The fraction of sp³-hybridized carbons (Fsp3) is 0.500. The van der Waals surface area contributed by atoms with Crippen molar-refractivity contribution in [2.24, 2.45) is 0 Å². The first-order valence-electron chi connectivity index (χ1n) is 6.43. The Balaban J connectivity index is 2.45. The second-order valence-corrected chi connectivity index (χ2v) is 9.59. The van der Waals surface area contributed by atoms with E-state index >= 15 is 0 Å². The molecule has 1 aromatic rings. The van der Waals surface area contributed by atoms with Crippen LogP contribution in [0.3, 0.4) is 0 Å². The molecule has 1 aromatic carbocycles. The summed E-state index contributed by atoms with van der Waals surface area (Å²) < 4.78 is 46.1. The topological polar surface area (TPSA) is 115 Å². The van der Waals surface area contributed by atoms with Gasteiger partial charge in [0.15, 0.2) is 19.7 Å². The zero-order valence-electron chi connectivity index (χ0n) is 12.1. The fourth-order valence-corrected chi connectivity index (χ4v) is 4.87. The molecule has 1 atom stereocenters. The molecule has 1 fully saturated rings. The summed E-state index contributed by atoms with van der Waals surface area (Å²) in [5.41, 5.74) is -0.144. The number of hydrogen-bond acceptors (Lipinski definition) is 7. The van der Waals surface area contributed by atoms with Crippen molar-refractivity contribution >= 4 is 31.0 Å². The average molecular weight is 348 g/mol. The van der Waals surface area contributed by atoms with Gasteiger partial charge in [-0.25, -0.2) is 16.8 Å². The standard InChI is InChI=1S/C12H16N2O6S2/c1-13(9-5-6-22(19,20)8-9)11-4-3-10(21(2,17)18)7-12(11)14(15)16/h3-4,7,9H,5-6,8H2,1-2H3/t9-/m0/s1. The highest BCUT2D eigenvalue weighted by Crippen LogP contribution is 2.33. The zero-order chi connectivity index (χ0) is 16.7. The van der Waals surface area contributed by atoms with Crippen molar-refractivity contribution in [3.05, 3.63) is 28.3 Å². The molecule has 0 unspecified atom stereocenters. The molecule has 1 aliphatic heterocycles. The number of nitrogens with zero attached hydrogens (tertiary/aromatic N) is 2. The van der Waals surface area contributed by atoms with Crippen LogP contribution in [0.5, 0.6) is 0 Å². The van der Waals surface area contributed by atoms with Crippen LogP contribution in [0.1, 0.15) is 6.42 Å². The Labute approximate surface area is 128 Å². The van der Waals surface area contributed by atoms with Crippen molar-refractivity contribution in [1.82, 2.24) is 0 Å². The maximum absolute atomic E-state index is 11.5. The maximum Gasteiger partial charge on any atom is 0.293 e. The first-order chi connectivity index (χ1) is 10.0. The molecule has 0 saturated carbocycles. The van der Waals surface area contributed by atoms with Crippen molar-refractivity contribution in [2.75, 3.05) is 29.7 Å². The van der Waals surface area contributed by atoms with Gasteiger partial charge in [-0.1, -0.05) is 0 Å². The van der Waals surface area contributed by atoms with Crippen molar-refractivity contribution in [3.63, 3.8) is 0 Å². The molecule has 10 heteroatoms. The van der Waals surface area contributed by atoms with Crippen LogP contribution < -0.4 is 4.90 Å². The third-order valence-electron chi connectivity index (χ3n) is 3.71. The molecule has 0 amide bonds. The van der Waals surface area contributed by atoms with Gasteiger partial charge in [0, 0.05) is 25.4 Å². The van der Waals surface area contributed by atoms with Crippen LogP contribution in [-0.4, -0.2) is 52.6 Å². The first-order valence-corrected chi connectivity index (χ1v) is 10.1. The molecule has 0 bridgehead atoms. The van der Waals surface area contributed by atoms with Crippen LogP contribution in [0, 0.1) is 10.1 Å². The van der Waals surface area contributed by atoms with Crippen LogP contribution in [-0.2, 0) is 19.7 Å². The Hall–Kier alpha value is -1.68. The molecular formula is C12H16N2O6S2. The SMILES string of the molecule is CN(c1ccc(S(C)(=O)=O)cc1[N+](=O)[O-])[C@H]1CCS(=O)(=O)C1. The van der Waals surface area contributed by atoms with E-state index in [9.17, 15) is 26.9 Å². The molecule has 1 saturated heterocycles. The number of rotatable bonds is 4. The lowest BCUT2D eigenvalue weighted by Gasteiger charge is -2.25. The molecule has 8 nitrogen and oxygen atoms in total. The van der Waals surface area contributed by atoms with E-state index in [1.807, 2.05) is 0 Å². The lowest BCUT2D eigenvalue weighted by atomic mass is 10.2. The highest BCUT2D eigenvalue weighted by Gasteiger charge is 2.33. The van der Waals surface area contributed by atoms with Crippen LogP contribution >= 0.6 is 0 Å². The van der Waals surface area contributed by atoms with Crippen molar-refractivity contribution in [3.8, 4) is 0 Å². The van der Waals surface area contributed by atoms with Gasteiger partial charge in [-0.05, 0) is 18.6 Å². The van der Waals surface area contributed by atoms with Crippen molar-refractivity contribution < 1.29 is 21.8 Å². The van der Waals surface area contributed by atoms with Crippen LogP contribution in [0.2, 0.25) is 0 Å². The van der Waals surface area contributed by atoms with Gasteiger partial charge in [0.2, 0.25) is 0 Å². The highest BCUT2D eigenvalue weighted by molar-refractivity contribution is 7.91. The minimum absolute atomic E-state index is 0.0528. The van der Waals surface area contributed by atoms with Gasteiger partial charge >= 0.3 is 0 Å². The Morgan fingerprint density at radius 1 is 1.36 bits per heavy atom. The van der Waals surface area contributed by atoms with Gasteiger partial charge in [-0.3, -0.25) is 10.1 Å². The van der Waals surface area contributed by atoms with E-state index in [1.165, 1.54) is 17.0 Å². The van der Waals surface area contributed by atoms with E-state index in [2.05, 4.69) is 0 Å². The number of hydrogen-bond donors (Lipinski definition) is 0. The Morgan fingerprint density at radius 2 is 2.00 bits per heavy atom. The lowest BCUT2D eigenvalue weighted by molar-refractivity contribution is -0.384. The third kappa shape index (κ3) is 3.38. The number of anilines is 1. The van der Waals surface area contributed by atoms with Gasteiger partial charge in [0.25, 0.3) is 5.69 Å². The molecule has 0 aromatic heterocycles. The maximum atomic E-state index is 11.5. The second kappa shape index (κ2) is 5.51. The number of sulfone groups is 2. The normalized spacial score (nSPS) is 20.7. The summed E-state index contributed by atoms with van der Waals surface area (Å²) in [5.74, 6) is -0.00822. The molecule has 1 aliphatic rings. The molecule has 0 spiro atoms. The van der Waals surface area contributed by atoms with E-state index in [1.54, 1.807) is 7.05 Å². The summed E-state index contributed by atoms with van der Waals surface area (Å²) in [6.07, 6.45) is 1.36. The number of nitro benzene ring substituents is 1. The van der Waals surface area contributed by atoms with Crippen LogP contribution in [0.25, 0.3) is 0 Å². The Bertz CT molecular complexity index is 816. The lowest BCUT2D eigenvalue weighted by Crippen LogP contribution is -2.33. The Morgan fingerprint density at radius 3 is 2.45 bits per heavy atom. The smallest absolute Gasteiger partial charge is 0.293 e. The van der Waals surface area contributed by atoms with E-state index in [0.29, 0.717) is 6.42 Å². The summed E-state index contributed by atoms with van der Waals surface area (Å²) in [6.45, 7) is 0. The summed E-state index contributed by atoms with van der Waals surface area (Å²) in [7, 11) is -5.10. The first kappa shape index (κ1) is 16.7.